The highest BCUT2D eigenvalue weighted by Gasteiger charge is 2.19. The average molecular weight is 399 g/mol. The molecule has 0 aliphatic heterocycles. The number of hydrogen-bond donors (Lipinski definition) is 1. The Kier molecular flexibility index (Phi) is 7.01. The largest absolute Gasteiger partial charge is 0.494 e. The molecule has 2 aromatic heterocycles. The molecule has 0 atom stereocenters. The number of fused-ring (bicyclic) bond motifs is 1. The van der Waals surface area contributed by atoms with E-state index in [1.807, 2.05) is 36.4 Å². The van der Waals surface area contributed by atoms with Gasteiger partial charge >= 0.3 is 5.97 Å². The fraction of sp³-hybridized carbons (Fsp3) is 0.364. The van der Waals surface area contributed by atoms with Crippen molar-refractivity contribution in [2.75, 3.05) is 27.2 Å². The van der Waals surface area contributed by atoms with E-state index in [-0.39, 0.29) is 0 Å². The van der Waals surface area contributed by atoms with E-state index in [4.69, 9.17) is 4.74 Å². The number of nitrogens with zero attached hydrogens (tertiary/aromatic N) is 2. The lowest BCUT2D eigenvalue weighted by atomic mass is 10.0. The highest BCUT2D eigenvalue weighted by Crippen LogP contribution is 2.38. The first-order valence-electron chi connectivity index (χ1n) is 9.55. The molecule has 0 unspecified atom stereocenters. The van der Waals surface area contributed by atoms with Gasteiger partial charge in [0.25, 0.3) is 0 Å². The minimum absolute atomic E-state index is 0.320. The van der Waals surface area contributed by atoms with Crippen LogP contribution < -0.4 is 4.74 Å². The van der Waals surface area contributed by atoms with Crippen LogP contribution in [0.15, 0.2) is 42.6 Å². The molecule has 0 aliphatic rings. The lowest BCUT2D eigenvalue weighted by Crippen LogP contribution is -2.12. The Morgan fingerprint density at radius 2 is 1.86 bits per heavy atom. The molecule has 1 N–H and O–H groups in total. The molecule has 3 aromatic rings. The van der Waals surface area contributed by atoms with E-state index in [0.717, 1.165) is 40.1 Å². The first-order chi connectivity index (χ1) is 13.6. The fourth-order valence-corrected chi connectivity index (χ4v) is 4.17. The third-order valence-electron chi connectivity index (χ3n) is 4.57. The lowest BCUT2D eigenvalue weighted by molar-refractivity contribution is 0.0703. The second-order valence-corrected chi connectivity index (χ2v) is 8.06. The Hall–Kier alpha value is -2.44. The second kappa shape index (κ2) is 9.66. The maximum absolute atomic E-state index is 11.7. The van der Waals surface area contributed by atoms with Crippen LogP contribution in [0.1, 0.15) is 35.4 Å². The summed E-state index contributed by atoms with van der Waals surface area (Å²) in [5, 5.41) is 10.4. The molecular weight excluding hydrogens is 372 g/mol. The third kappa shape index (κ3) is 5.09. The number of aromatic carboxylic acids is 1. The maximum Gasteiger partial charge on any atom is 0.346 e. The van der Waals surface area contributed by atoms with E-state index in [1.54, 1.807) is 6.20 Å². The Bertz CT molecular complexity index is 919. The first-order valence-corrected chi connectivity index (χ1v) is 10.4. The van der Waals surface area contributed by atoms with Gasteiger partial charge in [-0.1, -0.05) is 25.0 Å². The molecular formula is C22H26N2O3S. The number of unbranched alkanes of at least 4 members (excludes halogenated alkanes) is 3. The van der Waals surface area contributed by atoms with Gasteiger partial charge in [-0.25, -0.2) is 9.78 Å². The molecule has 2 heterocycles. The van der Waals surface area contributed by atoms with Crippen molar-refractivity contribution in [3.8, 4) is 16.9 Å². The SMILES string of the molecule is CN(C)CCCCCCOc1ccc(-c2c(C(=O)O)sc3ncccc23)cc1. The molecule has 0 fully saturated rings. The molecule has 0 saturated heterocycles. The maximum atomic E-state index is 11.7. The number of ether oxygens (including phenoxy) is 1. The zero-order valence-corrected chi connectivity index (χ0v) is 17.2. The number of hydrogen-bond acceptors (Lipinski definition) is 5. The molecule has 0 spiro atoms. The van der Waals surface area contributed by atoms with Crippen molar-refractivity contribution in [2.45, 2.75) is 25.7 Å². The van der Waals surface area contributed by atoms with Gasteiger partial charge in [0.15, 0.2) is 0 Å². The highest BCUT2D eigenvalue weighted by atomic mass is 32.1. The summed E-state index contributed by atoms with van der Waals surface area (Å²) in [5.74, 6) is -0.112. The van der Waals surface area contributed by atoms with E-state index in [0.29, 0.717) is 11.5 Å². The van der Waals surface area contributed by atoms with Crippen molar-refractivity contribution in [3.05, 3.63) is 47.5 Å². The molecule has 3 rings (SSSR count). The van der Waals surface area contributed by atoms with Crippen LogP contribution in [-0.4, -0.2) is 48.2 Å². The van der Waals surface area contributed by atoms with Gasteiger partial charge in [0.05, 0.1) is 6.61 Å². The monoisotopic (exact) mass is 398 g/mol. The van der Waals surface area contributed by atoms with E-state index >= 15 is 0 Å². The van der Waals surface area contributed by atoms with Crippen LogP contribution in [-0.2, 0) is 0 Å². The smallest absolute Gasteiger partial charge is 0.346 e. The van der Waals surface area contributed by atoms with Crippen LogP contribution in [0.25, 0.3) is 21.3 Å². The van der Waals surface area contributed by atoms with E-state index in [1.165, 1.54) is 30.6 Å². The van der Waals surface area contributed by atoms with Crippen LogP contribution in [0.4, 0.5) is 0 Å². The van der Waals surface area contributed by atoms with Crippen molar-refractivity contribution in [2.24, 2.45) is 0 Å². The van der Waals surface area contributed by atoms with Crippen molar-refractivity contribution >= 4 is 27.5 Å². The normalized spacial score (nSPS) is 11.2. The van der Waals surface area contributed by atoms with Gasteiger partial charge in [0.2, 0.25) is 0 Å². The number of rotatable bonds is 10. The predicted molar refractivity (Wildman–Crippen MR) is 115 cm³/mol. The summed E-state index contributed by atoms with van der Waals surface area (Å²) in [4.78, 5) is 19.2. The molecule has 0 aliphatic carbocycles. The van der Waals surface area contributed by atoms with Crippen LogP contribution in [0.5, 0.6) is 5.75 Å². The van der Waals surface area contributed by atoms with Crippen LogP contribution in [0, 0.1) is 0 Å². The summed E-state index contributed by atoms with van der Waals surface area (Å²) in [6.45, 7) is 1.83. The van der Waals surface area contributed by atoms with Crippen LogP contribution >= 0.6 is 11.3 Å². The van der Waals surface area contributed by atoms with Gasteiger partial charge in [-0.15, -0.1) is 11.3 Å². The predicted octanol–water partition coefficient (Wildman–Crippen LogP) is 5.16. The second-order valence-electron chi connectivity index (χ2n) is 7.06. The van der Waals surface area contributed by atoms with E-state index in [2.05, 4.69) is 24.0 Å². The van der Waals surface area contributed by atoms with Crippen molar-refractivity contribution in [1.29, 1.82) is 0 Å². The van der Waals surface area contributed by atoms with Gasteiger partial charge in [-0.3, -0.25) is 0 Å². The summed E-state index contributed by atoms with van der Waals surface area (Å²) in [5.41, 5.74) is 1.60. The molecule has 148 valence electrons. The number of aromatic nitrogens is 1. The third-order valence-corrected chi connectivity index (χ3v) is 5.67. The summed E-state index contributed by atoms with van der Waals surface area (Å²) >= 11 is 1.21. The molecule has 5 nitrogen and oxygen atoms in total. The Morgan fingerprint density at radius 3 is 2.57 bits per heavy atom. The number of pyridine rings is 1. The fourth-order valence-electron chi connectivity index (χ4n) is 3.16. The molecule has 0 radical (unpaired) electrons. The molecule has 0 amide bonds. The zero-order valence-electron chi connectivity index (χ0n) is 16.4. The van der Waals surface area contributed by atoms with Gasteiger partial charge < -0.3 is 14.7 Å². The van der Waals surface area contributed by atoms with Gasteiger partial charge in [-0.05, 0) is 63.3 Å². The minimum Gasteiger partial charge on any atom is -0.494 e. The number of carboxylic acids is 1. The number of benzene rings is 1. The molecule has 28 heavy (non-hydrogen) atoms. The van der Waals surface area contributed by atoms with Gasteiger partial charge in [0.1, 0.15) is 15.5 Å². The Labute approximate surface area is 169 Å². The van der Waals surface area contributed by atoms with E-state index in [9.17, 15) is 9.90 Å². The Balaban J connectivity index is 1.61. The zero-order chi connectivity index (χ0) is 19.9. The van der Waals surface area contributed by atoms with Crippen molar-refractivity contribution in [1.82, 2.24) is 9.88 Å². The Morgan fingerprint density at radius 1 is 1.11 bits per heavy atom. The van der Waals surface area contributed by atoms with Crippen LogP contribution in [0.2, 0.25) is 0 Å². The summed E-state index contributed by atoms with van der Waals surface area (Å²) < 4.78 is 5.83. The standard InChI is InChI=1S/C22H26N2O3S/c1-24(2)14-5-3-4-6-15-27-17-11-9-16(10-12-17)19-18-8-7-13-23-21(18)28-20(19)22(25)26/h7-13H,3-6,14-15H2,1-2H3,(H,25,26). The topological polar surface area (TPSA) is 62.7 Å². The summed E-state index contributed by atoms with van der Waals surface area (Å²) in [6.07, 6.45) is 6.33. The molecule has 0 saturated carbocycles. The van der Waals surface area contributed by atoms with Gasteiger partial charge in [-0.2, -0.15) is 0 Å². The van der Waals surface area contributed by atoms with Gasteiger partial charge in [0, 0.05) is 17.1 Å². The number of carbonyl (C=O) groups is 1. The van der Waals surface area contributed by atoms with Crippen LogP contribution in [0.3, 0.4) is 0 Å². The molecule has 6 heteroatoms. The van der Waals surface area contributed by atoms with Crippen molar-refractivity contribution < 1.29 is 14.6 Å². The molecule has 0 bridgehead atoms. The first kappa shape index (κ1) is 20.3. The quantitative estimate of drug-likeness (QED) is 0.478. The lowest BCUT2D eigenvalue weighted by Gasteiger charge is -2.09. The average Bonchev–Trinajstić information content (AvgIpc) is 3.07. The minimum atomic E-state index is -0.924. The highest BCUT2D eigenvalue weighted by molar-refractivity contribution is 7.21. The van der Waals surface area contributed by atoms with Crippen molar-refractivity contribution in [3.63, 3.8) is 0 Å². The number of thiophene rings is 1. The van der Waals surface area contributed by atoms with E-state index < -0.39 is 5.97 Å². The number of carboxylic acid groups (broad SMARTS) is 1. The molecule has 1 aromatic carbocycles. The summed E-state index contributed by atoms with van der Waals surface area (Å²) in [6, 6.07) is 11.4. The summed E-state index contributed by atoms with van der Waals surface area (Å²) in [7, 11) is 4.20.